The molecule has 2 aliphatic rings. The first-order valence-electron chi connectivity index (χ1n) is 3.53. The second-order valence-electron chi connectivity index (χ2n) is 2.83. The predicted octanol–water partition coefficient (Wildman–Crippen LogP) is 0.332. The largest absolute Gasteiger partial charge is 0.277 e. The van der Waals surface area contributed by atoms with Crippen LogP contribution in [0.3, 0.4) is 0 Å². The Kier molecular flexibility index (Phi) is 1.32. The summed E-state index contributed by atoms with van der Waals surface area (Å²) in [6.07, 6.45) is 7.23. The van der Waals surface area contributed by atoms with E-state index in [0.717, 1.165) is 0 Å². The van der Waals surface area contributed by atoms with Gasteiger partial charge < -0.3 is 0 Å². The van der Waals surface area contributed by atoms with Gasteiger partial charge in [0.25, 0.3) is 0 Å². The molecule has 0 spiro atoms. The standard InChI is InChI=1S/C7H9NO2S/c9-11(10)6-7-3-1-2-4-8(11)5-7/h1-4,7H,5-6H2/t7-/m1/s1. The molecule has 4 heteroatoms. The van der Waals surface area contributed by atoms with Gasteiger partial charge in [0.1, 0.15) is 0 Å². The van der Waals surface area contributed by atoms with E-state index in [-0.39, 0.29) is 11.7 Å². The van der Waals surface area contributed by atoms with Crippen molar-refractivity contribution < 1.29 is 8.42 Å². The molecule has 1 atom stereocenters. The number of allylic oxidation sites excluding steroid dienone is 2. The average Bonchev–Trinajstić information content (AvgIpc) is 2.18. The van der Waals surface area contributed by atoms with E-state index in [1.807, 2.05) is 12.2 Å². The van der Waals surface area contributed by atoms with Crippen molar-refractivity contribution in [1.29, 1.82) is 0 Å². The summed E-state index contributed by atoms with van der Waals surface area (Å²) in [5.74, 6) is 0.461. The van der Waals surface area contributed by atoms with E-state index in [2.05, 4.69) is 0 Å². The van der Waals surface area contributed by atoms with Crippen LogP contribution in [-0.4, -0.2) is 25.0 Å². The van der Waals surface area contributed by atoms with Gasteiger partial charge in [-0.25, -0.2) is 8.42 Å². The van der Waals surface area contributed by atoms with Crippen molar-refractivity contribution in [2.24, 2.45) is 5.92 Å². The number of fused-ring (bicyclic) bond motifs is 2. The monoisotopic (exact) mass is 171 g/mol. The zero-order valence-electron chi connectivity index (χ0n) is 5.97. The molecule has 2 rings (SSSR count). The molecule has 1 saturated heterocycles. The molecular weight excluding hydrogens is 162 g/mol. The Labute approximate surface area is 66.1 Å². The molecule has 0 aromatic rings. The normalized spacial score (nSPS) is 32.4. The van der Waals surface area contributed by atoms with E-state index in [1.54, 1.807) is 12.3 Å². The minimum absolute atomic E-state index is 0.190. The quantitative estimate of drug-likeness (QED) is 0.526. The van der Waals surface area contributed by atoms with E-state index in [9.17, 15) is 8.42 Å². The Morgan fingerprint density at radius 1 is 1.36 bits per heavy atom. The SMILES string of the molecule is O=S1(=O)C[C@@H]2C=CC=CN1C2. The maximum atomic E-state index is 11.2. The number of hydrogen-bond donors (Lipinski definition) is 0. The minimum atomic E-state index is -2.95. The molecule has 2 bridgehead atoms. The van der Waals surface area contributed by atoms with Crippen molar-refractivity contribution in [1.82, 2.24) is 4.31 Å². The van der Waals surface area contributed by atoms with Crippen LogP contribution in [0.1, 0.15) is 0 Å². The van der Waals surface area contributed by atoms with E-state index < -0.39 is 10.0 Å². The van der Waals surface area contributed by atoms with Gasteiger partial charge in [-0.05, 0) is 6.08 Å². The highest BCUT2D eigenvalue weighted by Gasteiger charge is 2.32. The summed E-state index contributed by atoms with van der Waals surface area (Å²) in [6.45, 7) is 0.620. The van der Waals surface area contributed by atoms with Crippen LogP contribution in [0.2, 0.25) is 0 Å². The molecule has 0 aliphatic carbocycles. The Bertz CT molecular complexity index is 315. The van der Waals surface area contributed by atoms with Crippen molar-refractivity contribution in [2.45, 2.75) is 0 Å². The molecule has 1 fully saturated rings. The third kappa shape index (κ3) is 1.07. The van der Waals surface area contributed by atoms with Gasteiger partial charge in [0.2, 0.25) is 10.0 Å². The molecule has 0 amide bonds. The minimum Gasteiger partial charge on any atom is -0.277 e. The zero-order chi connectivity index (χ0) is 7.90. The van der Waals surface area contributed by atoms with Crippen molar-refractivity contribution >= 4 is 10.0 Å². The van der Waals surface area contributed by atoms with Gasteiger partial charge in [-0.1, -0.05) is 12.2 Å². The van der Waals surface area contributed by atoms with Crippen molar-refractivity contribution in [2.75, 3.05) is 12.3 Å². The summed E-state index contributed by atoms with van der Waals surface area (Å²) >= 11 is 0. The third-order valence-corrected chi connectivity index (χ3v) is 3.78. The van der Waals surface area contributed by atoms with Gasteiger partial charge in [0, 0.05) is 18.7 Å². The summed E-state index contributed by atoms with van der Waals surface area (Å²) in [5, 5.41) is 0. The van der Waals surface area contributed by atoms with Gasteiger partial charge in [-0.2, -0.15) is 0 Å². The Morgan fingerprint density at radius 3 is 3.00 bits per heavy atom. The van der Waals surface area contributed by atoms with E-state index in [4.69, 9.17) is 0 Å². The summed E-state index contributed by atoms with van der Waals surface area (Å²) in [7, 11) is -2.95. The van der Waals surface area contributed by atoms with E-state index in [0.29, 0.717) is 6.54 Å². The molecule has 0 unspecified atom stereocenters. The fraction of sp³-hybridized carbons (Fsp3) is 0.429. The molecule has 11 heavy (non-hydrogen) atoms. The predicted molar refractivity (Wildman–Crippen MR) is 42.3 cm³/mol. The molecule has 60 valence electrons. The van der Waals surface area contributed by atoms with E-state index in [1.165, 1.54) is 4.31 Å². The van der Waals surface area contributed by atoms with Crippen LogP contribution < -0.4 is 0 Å². The first kappa shape index (κ1) is 6.91. The van der Waals surface area contributed by atoms with Crippen LogP contribution in [0.4, 0.5) is 0 Å². The second-order valence-corrected chi connectivity index (χ2v) is 4.80. The van der Waals surface area contributed by atoms with Crippen molar-refractivity contribution in [3.63, 3.8) is 0 Å². The maximum absolute atomic E-state index is 11.2. The Morgan fingerprint density at radius 2 is 2.18 bits per heavy atom. The zero-order valence-corrected chi connectivity index (χ0v) is 6.79. The molecular formula is C7H9NO2S. The van der Waals surface area contributed by atoms with Crippen molar-refractivity contribution in [3.8, 4) is 0 Å². The lowest BCUT2D eigenvalue weighted by atomic mass is 10.2. The molecule has 0 aromatic carbocycles. The highest BCUT2D eigenvalue weighted by atomic mass is 32.2. The third-order valence-electron chi connectivity index (χ3n) is 1.94. The first-order valence-corrected chi connectivity index (χ1v) is 5.14. The number of hydrogen-bond acceptors (Lipinski definition) is 2. The second kappa shape index (κ2) is 2.11. The first-order chi connectivity index (χ1) is 5.18. The molecule has 0 aromatic heterocycles. The smallest absolute Gasteiger partial charge is 0.235 e. The van der Waals surface area contributed by atoms with Gasteiger partial charge in [0.05, 0.1) is 5.75 Å². The van der Waals surface area contributed by atoms with Crippen molar-refractivity contribution in [3.05, 3.63) is 24.4 Å². The fourth-order valence-corrected chi connectivity index (χ4v) is 3.02. The number of rotatable bonds is 0. The molecule has 0 saturated carbocycles. The highest BCUT2D eigenvalue weighted by Crippen LogP contribution is 2.22. The summed E-state index contributed by atoms with van der Waals surface area (Å²) in [4.78, 5) is 0. The van der Waals surface area contributed by atoms with Crippen LogP contribution in [0.25, 0.3) is 0 Å². The lowest BCUT2D eigenvalue weighted by molar-refractivity contribution is 0.521. The lowest BCUT2D eigenvalue weighted by Gasteiger charge is -2.08. The van der Waals surface area contributed by atoms with Crippen LogP contribution >= 0.6 is 0 Å². The van der Waals surface area contributed by atoms with Gasteiger partial charge >= 0.3 is 0 Å². The molecule has 0 N–H and O–H groups in total. The Balaban J connectivity index is 2.42. The van der Waals surface area contributed by atoms with Crippen LogP contribution in [0.5, 0.6) is 0 Å². The van der Waals surface area contributed by atoms with E-state index >= 15 is 0 Å². The molecule has 2 aliphatic heterocycles. The number of sulfonamides is 1. The molecule has 2 heterocycles. The van der Waals surface area contributed by atoms with Gasteiger partial charge in [0.15, 0.2) is 0 Å². The summed E-state index contributed by atoms with van der Waals surface area (Å²) in [5.41, 5.74) is 0. The van der Waals surface area contributed by atoms with Crippen LogP contribution in [0, 0.1) is 5.92 Å². The number of nitrogens with zero attached hydrogens (tertiary/aromatic N) is 1. The summed E-state index contributed by atoms with van der Waals surface area (Å²) in [6, 6.07) is 0. The highest BCUT2D eigenvalue weighted by molar-refractivity contribution is 7.89. The van der Waals surface area contributed by atoms with Gasteiger partial charge in [-0.3, -0.25) is 4.31 Å². The van der Waals surface area contributed by atoms with Crippen LogP contribution in [-0.2, 0) is 10.0 Å². The molecule has 0 radical (unpaired) electrons. The van der Waals surface area contributed by atoms with Gasteiger partial charge in [-0.15, -0.1) is 0 Å². The topological polar surface area (TPSA) is 37.4 Å². The lowest BCUT2D eigenvalue weighted by Crippen LogP contribution is -2.18. The Hall–Kier alpha value is -0.770. The van der Waals surface area contributed by atoms with Crippen LogP contribution in [0.15, 0.2) is 24.4 Å². The average molecular weight is 171 g/mol. The summed E-state index contributed by atoms with van der Waals surface area (Å²) < 4.78 is 23.9. The fourth-order valence-electron chi connectivity index (χ4n) is 1.40. The molecule has 3 nitrogen and oxygen atoms in total. The maximum Gasteiger partial charge on any atom is 0.235 e.